The van der Waals surface area contributed by atoms with Crippen molar-refractivity contribution in [3.05, 3.63) is 71.7 Å². The van der Waals surface area contributed by atoms with Crippen molar-refractivity contribution in [1.29, 1.82) is 0 Å². The van der Waals surface area contributed by atoms with Gasteiger partial charge in [-0.1, -0.05) is 25.0 Å². The first-order valence-corrected chi connectivity index (χ1v) is 14.9. The van der Waals surface area contributed by atoms with Crippen LogP contribution in [-0.2, 0) is 9.53 Å². The molecule has 0 bridgehead atoms. The van der Waals surface area contributed by atoms with Crippen LogP contribution in [0.5, 0.6) is 5.75 Å². The van der Waals surface area contributed by atoms with Crippen molar-refractivity contribution in [3.63, 3.8) is 0 Å². The normalized spacial score (nSPS) is 15.1. The largest absolute Gasteiger partial charge is 0.737 e. The lowest BCUT2D eigenvalue weighted by molar-refractivity contribution is -0.356. The molecule has 216 valence electrons. The molecule has 40 heavy (non-hydrogen) atoms. The Morgan fingerprint density at radius 1 is 0.950 bits per heavy atom. The first-order valence-electron chi connectivity index (χ1n) is 14.4. The second-order valence-electron chi connectivity index (χ2n) is 10.2. The topological polar surface area (TPSA) is 55.5 Å². The lowest BCUT2D eigenvalue weighted by Gasteiger charge is -2.30. The number of fused-ring (bicyclic) bond motifs is 2. The van der Waals surface area contributed by atoms with Crippen LogP contribution in [0.3, 0.4) is 0 Å². The van der Waals surface area contributed by atoms with Crippen LogP contribution in [-0.4, -0.2) is 60.3 Å². The second kappa shape index (κ2) is 15.2. The fourth-order valence-corrected chi connectivity index (χ4v) is 5.22. The number of ether oxygens (including phenoxy) is 2. The Labute approximate surface area is 240 Å². The molecule has 1 aromatic heterocycles. The van der Waals surface area contributed by atoms with Crippen molar-refractivity contribution in [2.75, 3.05) is 32.2 Å². The van der Waals surface area contributed by atoms with Crippen LogP contribution in [0.25, 0.3) is 5.57 Å². The van der Waals surface area contributed by atoms with Crippen LogP contribution >= 0.6 is 11.6 Å². The number of carbonyl (C=O) groups is 1. The van der Waals surface area contributed by atoms with Gasteiger partial charge in [-0.3, -0.25) is 4.79 Å². The fourth-order valence-electron chi connectivity index (χ4n) is 5.03. The number of nitrogens with zero attached hydrogens (tertiary/aromatic N) is 2. The highest BCUT2D eigenvalue weighted by Crippen LogP contribution is 2.38. The summed E-state index contributed by atoms with van der Waals surface area (Å²) in [6.07, 6.45) is 14.8. The van der Waals surface area contributed by atoms with Gasteiger partial charge in [0.1, 0.15) is 12.0 Å². The van der Waals surface area contributed by atoms with Gasteiger partial charge >= 0.3 is 6.97 Å². The number of rotatable bonds is 18. The highest BCUT2D eigenvalue weighted by atomic mass is 35.5. The molecule has 2 aromatic rings. The van der Waals surface area contributed by atoms with E-state index < -0.39 is 6.97 Å². The third-order valence-corrected chi connectivity index (χ3v) is 7.43. The first kappa shape index (κ1) is 30.1. The fraction of sp³-hybridized carbons (Fsp3) is 0.467. The summed E-state index contributed by atoms with van der Waals surface area (Å²) in [7, 11) is 0. The number of halogens is 3. The van der Waals surface area contributed by atoms with E-state index >= 15 is 0 Å². The van der Waals surface area contributed by atoms with Crippen LogP contribution < -0.4 is 10.1 Å². The molecule has 4 rings (SSSR count). The molecule has 0 fully saturated rings. The molecule has 0 unspecified atom stereocenters. The van der Waals surface area contributed by atoms with Crippen LogP contribution in [0, 0.1) is 0 Å². The van der Waals surface area contributed by atoms with Crippen molar-refractivity contribution < 1.29 is 27.4 Å². The van der Waals surface area contributed by atoms with E-state index in [-0.39, 0.29) is 5.91 Å². The van der Waals surface area contributed by atoms with E-state index in [4.69, 9.17) is 21.1 Å². The molecular weight excluding hydrogens is 535 g/mol. The van der Waals surface area contributed by atoms with E-state index in [0.29, 0.717) is 43.1 Å². The van der Waals surface area contributed by atoms with E-state index in [0.717, 1.165) is 71.3 Å². The van der Waals surface area contributed by atoms with Gasteiger partial charge in [0.15, 0.2) is 5.70 Å². The van der Waals surface area contributed by atoms with Gasteiger partial charge in [0.2, 0.25) is 5.91 Å². The Kier molecular flexibility index (Phi) is 11.4. The van der Waals surface area contributed by atoms with Gasteiger partial charge in [-0.15, -0.1) is 11.6 Å². The Morgan fingerprint density at radius 3 is 2.48 bits per heavy atom. The van der Waals surface area contributed by atoms with Gasteiger partial charge < -0.3 is 32.4 Å². The number of aromatic nitrogens is 1. The third-order valence-electron chi connectivity index (χ3n) is 7.16. The summed E-state index contributed by atoms with van der Waals surface area (Å²) in [4.78, 5) is 12.1. The third kappa shape index (κ3) is 7.85. The Hall–Kier alpha value is -2.91. The minimum absolute atomic E-state index is 0.0326. The number of hydrogen-bond acceptors (Lipinski definition) is 3. The molecular formula is C30H39BClF2N3O3. The molecule has 2 aliphatic rings. The summed E-state index contributed by atoms with van der Waals surface area (Å²) >= 11 is 5.67. The summed E-state index contributed by atoms with van der Waals surface area (Å²) in [5, 5.41) is 2.97. The maximum absolute atomic E-state index is 15.0. The quantitative estimate of drug-likeness (QED) is 0.128. The van der Waals surface area contributed by atoms with Crippen LogP contribution in [0.15, 0.2) is 60.4 Å². The van der Waals surface area contributed by atoms with Gasteiger partial charge in [-0.05, 0) is 74.6 Å². The molecule has 1 amide bonds. The lowest BCUT2D eigenvalue weighted by Crippen LogP contribution is -2.49. The van der Waals surface area contributed by atoms with Crippen LogP contribution in [0.4, 0.5) is 8.63 Å². The minimum atomic E-state index is -3.91. The zero-order chi connectivity index (χ0) is 28.2. The smallest absolute Gasteiger partial charge is 0.494 e. The van der Waals surface area contributed by atoms with E-state index in [2.05, 4.69) is 5.32 Å². The summed E-state index contributed by atoms with van der Waals surface area (Å²) in [6.45, 7) is -1.21. The van der Waals surface area contributed by atoms with Crippen LogP contribution in [0.1, 0.15) is 69.0 Å². The van der Waals surface area contributed by atoms with Crippen molar-refractivity contribution >= 4 is 36.3 Å². The molecule has 0 radical (unpaired) electrons. The molecule has 0 saturated heterocycles. The molecule has 10 heteroatoms. The molecule has 6 nitrogen and oxygen atoms in total. The summed E-state index contributed by atoms with van der Waals surface area (Å²) in [6, 6.07) is 10.8. The monoisotopic (exact) mass is 573 g/mol. The molecule has 2 aliphatic heterocycles. The zero-order valence-electron chi connectivity index (χ0n) is 23.0. The summed E-state index contributed by atoms with van der Waals surface area (Å²) in [5.74, 6) is 1.45. The summed E-state index contributed by atoms with van der Waals surface area (Å²) in [5.41, 5.74) is 2.58. The number of benzene rings is 1. The molecule has 0 saturated carbocycles. The van der Waals surface area contributed by atoms with Crippen LogP contribution in [0.2, 0.25) is 0 Å². The lowest BCUT2D eigenvalue weighted by atomic mass is 9.86. The Morgan fingerprint density at radius 2 is 1.70 bits per heavy atom. The van der Waals surface area contributed by atoms with Crippen molar-refractivity contribution in [2.45, 2.75) is 57.8 Å². The highest BCUT2D eigenvalue weighted by Gasteiger charge is 2.51. The first-order chi connectivity index (χ1) is 19.5. The zero-order valence-corrected chi connectivity index (χ0v) is 23.8. The maximum Gasteiger partial charge on any atom is 0.737 e. The standard InChI is InChI=1S/C30H39BClF2N3O3/c32-18-4-1-2-6-22-39-23-7-3-5-19-35-29(38)13-10-24-40-26-16-14-25(15-17-26)30-27-11-8-20-36(27)31(33,34)37-21-9-12-28(30)37/h8-9,11-12,14-17,20-21H,1-7,10,13,18-19,22-24H2,(H,35,38). The predicted molar refractivity (Wildman–Crippen MR) is 157 cm³/mol. The van der Waals surface area contributed by atoms with Crippen molar-refractivity contribution in [3.8, 4) is 5.75 Å². The van der Waals surface area contributed by atoms with E-state index in [9.17, 15) is 13.4 Å². The number of hydrogen-bond donors (Lipinski definition) is 1. The molecule has 0 aliphatic carbocycles. The maximum atomic E-state index is 15.0. The van der Waals surface area contributed by atoms with E-state index in [1.807, 2.05) is 24.3 Å². The van der Waals surface area contributed by atoms with Gasteiger partial charge in [0.05, 0.1) is 12.2 Å². The average Bonchev–Trinajstić information content (AvgIpc) is 3.64. The number of alkyl halides is 1. The number of allylic oxidation sites excluding steroid dienone is 2. The van der Waals surface area contributed by atoms with Crippen molar-refractivity contribution in [1.82, 2.24) is 9.79 Å². The van der Waals surface area contributed by atoms with Gasteiger partial charge in [-0.2, -0.15) is 0 Å². The minimum Gasteiger partial charge on any atom is -0.494 e. The van der Waals surface area contributed by atoms with Gasteiger partial charge in [0, 0.05) is 49.9 Å². The second-order valence-corrected chi connectivity index (χ2v) is 10.5. The summed E-state index contributed by atoms with van der Waals surface area (Å²) < 4.78 is 43.5. The number of nitrogens with one attached hydrogen (secondary N) is 1. The van der Waals surface area contributed by atoms with Crippen molar-refractivity contribution in [2.24, 2.45) is 0 Å². The number of amides is 1. The Bertz CT molecular complexity index is 1210. The molecule has 1 N–H and O–H groups in total. The molecule has 3 heterocycles. The average molecular weight is 574 g/mol. The highest BCUT2D eigenvalue weighted by molar-refractivity contribution is 6.57. The van der Waals surface area contributed by atoms with Gasteiger partial charge in [-0.25, -0.2) is 0 Å². The predicted octanol–water partition coefficient (Wildman–Crippen LogP) is 6.40. The van der Waals surface area contributed by atoms with E-state index in [1.54, 1.807) is 24.3 Å². The van der Waals surface area contributed by atoms with Gasteiger partial charge in [0.25, 0.3) is 0 Å². The molecule has 0 spiro atoms. The molecule has 0 atom stereocenters. The SMILES string of the molecule is O=C(CCCOc1ccc(C2=C3C=CC=[N+]3[B-](F)(F)n3cccc32)cc1)NCCCCCOCCCCCCCl. The Balaban J connectivity index is 1.10. The number of carbonyl (C=O) groups excluding carboxylic acids is 1. The molecule has 1 aromatic carbocycles. The van der Waals surface area contributed by atoms with E-state index in [1.165, 1.54) is 25.3 Å². The number of unbranched alkanes of at least 4 members (excludes halogenated alkanes) is 5.